The van der Waals surface area contributed by atoms with Gasteiger partial charge in [-0.15, -0.1) is 5.10 Å². The van der Waals surface area contributed by atoms with E-state index in [1.165, 1.54) is 6.07 Å². The molecular weight excluding hydrogens is 552 g/mol. The van der Waals surface area contributed by atoms with Crippen molar-refractivity contribution in [3.05, 3.63) is 71.5 Å². The van der Waals surface area contributed by atoms with Gasteiger partial charge in [-0.25, -0.2) is 13.1 Å². The summed E-state index contributed by atoms with van der Waals surface area (Å²) >= 11 is 6.24. The van der Waals surface area contributed by atoms with Crippen molar-refractivity contribution in [3.63, 3.8) is 0 Å². The van der Waals surface area contributed by atoms with Gasteiger partial charge in [0.2, 0.25) is 15.9 Å². The topological polar surface area (TPSA) is 110 Å². The monoisotopic (exact) mass is 582 g/mol. The summed E-state index contributed by atoms with van der Waals surface area (Å²) in [5.74, 6) is 1.11. The number of ether oxygens (including phenoxy) is 1. The lowest BCUT2D eigenvalue weighted by Crippen LogP contribution is -2.48. The molecule has 10 nitrogen and oxygen atoms in total. The maximum atomic E-state index is 13.2. The van der Waals surface area contributed by atoms with Crippen LogP contribution in [0.3, 0.4) is 0 Å². The van der Waals surface area contributed by atoms with E-state index in [4.69, 9.17) is 16.3 Å². The summed E-state index contributed by atoms with van der Waals surface area (Å²) < 4.78 is 37.0. The number of halogens is 1. The number of carbonyl (C=O) groups excluding carboxylic acids is 1. The Labute approximate surface area is 238 Å². The minimum absolute atomic E-state index is 0.0881. The largest absolute Gasteiger partial charge is 0.424 e. The lowest BCUT2D eigenvalue weighted by Gasteiger charge is -2.35. The van der Waals surface area contributed by atoms with Gasteiger partial charge in [0, 0.05) is 61.8 Å². The number of fused-ring (bicyclic) bond motifs is 1. The number of rotatable bonds is 8. The van der Waals surface area contributed by atoms with E-state index in [2.05, 4.69) is 19.8 Å². The van der Waals surface area contributed by atoms with E-state index in [0.29, 0.717) is 36.2 Å². The number of nitrogens with one attached hydrogen (secondary N) is 1. The Bertz CT molecular complexity index is 1650. The van der Waals surface area contributed by atoms with Crippen LogP contribution in [-0.2, 0) is 21.4 Å². The zero-order valence-electron chi connectivity index (χ0n) is 22.5. The van der Waals surface area contributed by atoms with Crippen molar-refractivity contribution in [2.45, 2.75) is 38.3 Å². The molecule has 1 atom stereocenters. The normalized spacial score (nSPS) is 14.9. The van der Waals surface area contributed by atoms with Crippen LogP contribution in [0.4, 0.5) is 5.69 Å². The van der Waals surface area contributed by atoms with E-state index in [1.54, 1.807) is 42.7 Å². The average molecular weight is 583 g/mol. The molecule has 5 rings (SSSR count). The SMILES string of the molecule is CCn1c(Oc2cccc(N3CCN(C(C)=O)CC3)c2)nnc1[C@@H](C)NS(=O)(=O)c1ccc2c(Cl)cccc2c1. The van der Waals surface area contributed by atoms with E-state index in [1.807, 2.05) is 42.2 Å². The molecule has 3 aromatic carbocycles. The Morgan fingerprint density at radius 1 is 1.05 bits per heavy atom. The zero-order chi connectivity index (χ0) is 28.4. The Balaban J connectivity index is 1.31. The molecule has 1 fully saturated rings. The van der Waals surface area contributed by atoms with Crippen LogP contribution in [0.2, 0.25) is 5.02 Å². The van der Waals surface area contributed by atoms with Crippen molar-refractivity contribution in [1.82, 2.24) is 24.4 Å². The van der Waals surface area contributed by atoms with Gasteiger partial charge in [0.1, 0.15) is 5.75 Å². The Kier molecular flexibility index (Phi) is 7.97. The van der Waals surface area contributed by atoms with Gasteiger partial charge < -0.3 is 14.5 Å². The van der Waals surface area contributed by atoms with Crippen LogP contribution < -0.4 is 14.4 Å². The number of nitrogens with zero attached hydrogens (tertiary/aromatic N) is 5. The maximum Gasteiger partial charge on any atom is 0.322 e. The van der Waals surface area contributed by atoms with Crippen LogP contribution >= 0.6 is 11.6 Å². The van der Waals surface area contributed by atoms with Gasteiger partial charge in [-0.3, -0.25) is 9.36 Å². The molecule has 0 unspecified atom stereocenters. The molecule has 1 aliphatic rings. The molecule has 1 aliphatic heterocycles. The van der Waals surface area contributed by atoms with Crippen molar-refractivity contribution in [2.24, 2.45) is 0 Å². The number of piperazine rings is 1. The second-order valence-corrected chi connectivity index (χ2v) is 11.8. The summed E-state index contributed by atoms with van der Waals surface area (Å²) in [6.07, 6.45) is 0. The fraction of sp³-hybridized carbons (Fsp3) is 0.321. The zero-order valence-corrected chi connectivity index (χ0v) is 24.1. The summed E-state index contributed by atoms with van der Waals surface area (Å²) in [5.41, 5.74) is 0.987. The number of benzene rings is 3. The molecule has 0 radical (unpaired) electrons. The minimum Gasteiger partial charge on any atom is -0.424 e. The molecule has 0 bridgehead atoms. The number of anilines is 1. The smallest absolute Gasteiger partial charge is 0.322 e. The van der Waals surface area contributed by atoms with Crippen LogP contribution in [0.25, 0.3) is 10.8 Å². The van der Waals surface area contributed by atoms with Crippen LogP contribution in [-0.4, -0.2) is 60.2 Å². The summed E-state index contributed by atoms with van der Waals surface area (Å²) in [4.78, 5) is 15.8. The summed E-state index contributed by atoms with van der Waals surface area (Å²) in [6.45, 7) is 8.53. The lowest BCUT2D eigenvalue weighted by molar-refractivity contribution is -0.129. The predicted octanol–water partition coefficient (Wildman–Crippen LogP) is 4.60. The molecule has 1 saturated heterocycles. The first-order valence-electron chi connectivity index (χ1n) is 13.1. The summed E-state index contributed by atoms with van der Waals surface area (Å²) in [7, 11) is -3.86. The Hall–Kier alpha value is -3.67. The molecule has 0 aliphatic carbocycles. The molecule has 1 aromatic heterocycles. The first kappa shape index (κ1) is 27.9. The van der Waals surface area contributed by atoms with E-state index in [0.717, 1.165) is 29.5 Å². The minimum atomic E-state index is -3.86. The second-order valence-electron chi connectivity index (χ2n) is 9.64. The Morgan fingerprint density at radius 3 is 2.52 bits per heavy atom. The van der Waals surface area contributed by atoms with Crippen molar-refractivity contribution >= 4 is 44.0 Å². The molecule has 1 amide bonds. The fourth-order valence-electron chi connectivity index (χ4n) is 4.86. The third-order valence-corrected chi connectivity index (χ3v) is 8.87. The van der Waals surface area contributed by atoms with Crippen LogP contribution in [0, 0.1) is 0 Å². The highest BCUT2D eigenvalue weighted by molar-refractivity contribution is 7.89. The fourth-order valence-corrected chi connectivity index (χ4v) is 6.35. The van der Waals surface area contributed by atoms with Crippen LogP contribution in [0.5, 0.6) is 11.8 Å². The number of amides is 1. The summed E-state index contributed by atoms with van der Waals surface area (Å²) in [5, 5.41) is 10.5. The van der Waals surface area contributed by atoms with Crippen LogP contribution in [0.1, 0.15) is 32.6 Å². The maximum absolute atomic E-state index is 13.2. The number of carbonyl (C=O) groups is 1. The van der Waals surface area contributed by atoms with Gasteiger partial charge >= 0.3 is 6.01 Å². The molecule has 12 heteroatoms. The highest BCUT2D eigenvalue weighted by atomic mass is 35.5. The van der Waals surface area contributed by atoms with Crippen molar-refractivity contribution in [1.29, 1.82) is 0 Å². The lowest BCUT2D eigenvalue weighted by atomic mass is 10.1. The Morgan fingerprint density at radius 2 is 1.80 bits per heavy atom. The molecule has 210 valence electrons. The molecule has 0 saturated carbocycles. The van der Waals surface area contributed by atoms with Gasteiger partial charge in [-0.2, -0.15) is 0 Å². The van der Waals surface area contributed by atoms with Gasteiger partial charge in [0.05, 0.1) is 10.9 Å². The number of hydrogen-bond donors (Lipinski definition) is 1. The average Bonchev–Trinajstić information content (AvgIpc) is 3.35. The van der Waals surface area contributed by atoms with Crippen molar-refractivity contribution in [2.75, 3.05) is 31.1 Å². The van der Waals surface area contributed by atoms with Crippen LogP contribution in [0.15, 0.2) is 65.6 Å². The van der Waals surface area contributed by atoms with E-state index >= 15 is 0 Å². The molecule has 1 N–H and O–H groups in total. The number of sulfonamides is 1. The molecule has 0 spiro atoms. The standard InChI is InChI=1S/C28H31ClN6O4S/c1-4-35-27(19(2)32-40(37,38)24-11-12-25-21(17-24)7-5-10-26(25)29)30-31-28(35)39-23-9-6-8-22(18-23)34-15-13-33(14-16-34)20(3)36/h5-12,17-19,32H,4,13-16H2,1-3H3/t19-/m1/s1. The molecule has 4 aromatic rings. The second kappa shape index (κ2) is 11.4. The predicted molar refractivity (Wildman–Crippen MR) is 154 cm³/mol. The molecule has 40 heavy (non-hydrogen) atoms. The first-order chi connectivity index (χ1) is 19.2. The first-order valence-corrected chi connectivity index (χ1v) is 14.9. The molecular formula is C28H31ClN6O4S. The van der Waals surface area contributed by atoms with E-state index in [9.17, 15) is 13.2 Å². The number of hydrogen-bond acceptors (Lipinski definition) is 7. The van der Waals surface area contributed by atoms with E-state index < -0.39 is 16.1 Å². The highest BCUT2D eigenvalue weighted by Gasteiger charge is 2.25. The van der Waals surface area contributed by atoms with Crippen molar-refractivity contribution in [3.8, 4) is 11.8 Å². The quantitative estimate of drug-likeness (QED) is 0.323. The van der Waals surface area contributed by atoms with E-state index in [-0.39, 0.29) is 16.8 Å². The van der Waals surface area contributed by atoms with Gasteiger partial charge in [-0.05, 0) is 49.6 Å². The van der Waals surface area contributed by atoms with Gasteiger partial charge in [-0.1, -0.05) is 41.0 Å². The third kappa shape index (κ3) is 5.77. The molecule has 2 heterocycles. The third-order valence-electron chi connectivity index (χ3n) is 7.01. The summed E-state index contributed by atoms with van der Waals surface area (Å²) in [6, 6.07) is 17.5. The van der Waals surface area contributed by atoms with Gasteiger partial charge in [0.25, 0.3) is 0 Å². The van der Waals surface area contributed by atoms with Crippen molar-refractivity contribution < 1.29 is 17.9 Å². The van der Waals surface area contributed by atoms with Gasteiger partial charge in [0.15, 0.2) is 5.82 Å². The highest BCUT2D eigenvalue weighted by Crippen LogP contribution is 2.29. The number of aromatic nitrogens is 3.